The summed E-state index contributed by atoms with van der Waals surface area (Å²) in [6, 6.07) is 10.2. The van der Waals surface area contributed by atoms with Crippen molar-refractivity contribution in [2.75, 3.05) is 6.61 Å². The fourth-order valence-corrected chi connectivity index (χ4v) is 3.33. The first-order valence-corrected chi connectivity index (χ1v) is 9.81. The van der Waals surface area contributed by atoms with Gasteiger partial charge in [-0.05, 0) is 39.2 Å². The van der Waals surface area contributed by atoms with Crippen LogP contribution in [0.4, 0.5) is 0 Å². The van der Waals surface area contributed by atoms with Crippen LogP contribution in [0.1, 0.15) is 52.5 Å². The monoisotopic (exact) mass is 358 g/mol. The van der Waals surface area contributed by atoms with Gasteiger partial charge in [0, 0.05) is 5.92 Å². The molecule has 1 aromatic carbocycles. The molecule has 1 aromatic rings. The highest BCUT2D eigenvalue weighted by molar-refractivity contribution is 5.13. The van der Waals surface area contributed by atoms with Crippen LogP contribution in [0.2, 0.25) is 0 Å². The summed E-state index contributed by atoms with van der Waals surface area (Å²) in [7, 11) is 0. The van der Waals surface area contributed by atoms with Crippen LogP contribution >= 0.6 is 0 Å². The summed E-state index contributed by atoms with van der Waals surface area (Å²) in [5.41, 5.74) is 1.18. The summed E-state index contributed by atoms with van der Waals surface area (Å²) in [6.45, 7) is 9.36. The molecule has 0 saturated carbocycles. The van der Waals surface area contributed by atoms with Crippen LogP contribution in [-0.4, -0.2) is 24.6 Å². The summed E-state index contributed by atoms with van der Waals surface area (Å²) in [6.07, 6.45) is 12.1. The van der Waals surface area contributed by atoms with Crippen molar-refractivity contribution >= 4 is 0 Å². The molecule has 0 aliphatic carbocycles. The van der Waals surface area contributed by atoms with Gasteiger partial charge in [-0.25, -0.2) is 0 Å². The Labute approximate surface area is 159 Å². The SMILES string of the molecule is C/C=C/[C@H](C/C=C\CCC)[C@@H]1OC(C)(C)O[C@H]1COCc1ccccc1. The van der Waals surface area contributed by atoms with Gasteiger partial charge in [0.1, 0.15) is 6.10 Å². The van der Waals surface area contributed by atoms with Gasteiger partial charge < -0.3 is 14.2 Å². The molecule has 3 heteroatoms. The molecule has 0 aromatic heterocycles. The zero-order valence-corrected chi connectivity index (χ0v) is 16.7. The van der Waals surface area contributed by atoms with Crippen LogP contribution in [-0.2, 0) is 20.8 Å². The Morgan fingerprint density at radius 3 is 2.62 bits per heavy atom. The fourth-order valence-electron chi connectivity index (χ4n) is 3.33. The van der Waals surface area contributed by atoms with E-state index in [1.165, 1.54) is 12.0 Å². The number of allylic oxidation sites excluding steroid dienone is 3. The molecule has 26 heavy (non-hydrogen) atoms. The number of unbranched alkanes of at least 4 members (excludes halogenated alkanes) is 1. The van der Waals surface area contributed by atoms with Crippen molar-refractivity contribution < 1.29 is 14.2 Å². The zero-order valence-electron chi connectivity index (χ0n) is 16.7. The second-order valence-electron chi connectivity index (χ2n) is 7.32. The van der Waals surface area contributed by atoms with Crippen LogP contribution in [0, 0.1) is 5.92 Å². The third kappa shape index (κ3) is 6.71. The molecule has 0 N–H and O–H groups in total. The summed E-state index contributed by atoms with van der Waals surface area (Å²) in [5, 5.41) is 0. The molecule has 1 aliphatic rings. The van der Waals surface area contributed by atoms with E-state index in [0.717, 1.165) is 12.8 Å². The van der Waals surface area contributed by atoms with Gasteiger partial charge in [-0.2, -0.15) is 0 Å². The highest BCUT2D eigenvalue weighted by atomic mass is 16.8. The maximum absolute atomic E-state index is 6.25. The van der Waals surface area contributed by atoms with Crippen molar-refractivity contribution in [2.24, 2.45) is 5.92 Å². The molecule has 0 unspecified atom stereocenters. The summed E-state index contributed by atoms with van der Waals surface area (Å²) in [4.78, 5) is 0. The quantitative estimate of drug-likeness (QED) is 0.505. The van der Waals surface area contributed by atoms with Crippen molar-refractivity contribution in [3.8, 4) is 0 Å². The van der Waals surface area contributed by atoms with Crippen LogP contribution in [0.15, 0.2) is 54.6 Å². The van der Waals surface area contributed by atoms with Crippen molar-refractivity contribution in [1.82, 2.24) is 0 Å². The van der Waals surface area contributed by atoms with Gasteiger partial charge in [0.2, 0.25) is 0 Å². The van der Waals surface area contributed by atoms with Gasteiger partial charge in [-0.1, -0.05) is 68.0 Å². The van der Waals surface area contributed by atoms with Crippen LogP contribution in [0.5, 0.6) is 0 Å². The number of ether oxygens (including phenoxy) is 3. The van der Waals surface area contributed by atoms with E-state index in [4.69, 9.17) is 14.2 Å². The third-order valence-corrected chi connectivity index (χ3v) is 4.51. The van der Waals surface area contributed by atoms with Crippen molar-refractivity contribution in [3.05, 3.63) is 60.2 Å². The van der Waals surface area contributed by atoms with E-state index < -0.39 is 5.79 Å². The van der Waals surface area contributed by atoms with E-state index in [1.807, 2.05) is 32.0 Å². The summed E-state index contributed by atoms with van der Waals surface area (Å²) < 4.78 is 18.3. The summed E-state index contributed by atoms with van der Waals surface area (Å²) in [5.74, 6) is -0.279. The first-order valence-electron chi connectivity index (χ1n) is 9.81. The Kier molecular flexibility index (Phi) is 8.56. The lowest BCUT2D eigenvalue weighted by molar-refractivity contribution is -0.153. The molecule has 0 amide bonds. The van der Waals surface area contributed by atoms with Crippen LogP contribution in [0.3, 0.4) is 0 Å². The second kappa shape index (κ2) is 10.7. The Balaban J connectivity index is 1.97. The zero-order chi connectivity index (χ0) is 18.8. The van der Waals surface area contributed by atoms with Gasteiger partial charge in [0.15, 0.2) is 5.79 Å². The Morgan fingerprint density at radius 1 is 1.15 bits per heavy atom. The highest BCUT2D eigenvalue weighted by Crippen LogP contribution is 2.34. The Morgan fingerprint density at radius 2 is 1.92 bits per heavy atom. The van der Waals surface area contributed by atoms with Gasteiger partial charge >= 0.3 is 0 Å². The van der Waals surface area contributed by atoms with Gasteiger partial charge in [0.25, 0.3) is 0 Å². The minimum absolute atomic E-state index is 0.00301. The molecule has 1 aliphatic heterocycles. The van der Waals surface area contributed by atoms with Crippen molar-refractivity contribution in [3.63, 3.8) is 0 Å². The normalized spacial score (nSPS) is 23.8. The van der Waals surface area contributed by atoms with E-state index in [2.05, 4.69) is 50.3 Å². The van der Waals surface area contributed by atoms with Gasteiger partial charge in [-0.3, -0.25) is 0 Å². The van der Waals surface area contributed by atoms with E-state index in [-0.39, 0.29) is 12.2 Å². The predicted octanol–water partition coefficient (Wildman–Crippen LogP) is 5.66. The van der Waals surface area contributed by atoms with Crippen LogP contribution in [0.25, 0.3) is 0 Å². The minimum atomic E-state index is -0.571. The lowest BCUT2D eigenvalue weighted by Gasteiger charge is -2.23. The topological polar surface area (TPSA) is 27.7 Å². The molecule has 0 spiro atoms. The van der Waals surface area contributed by atoms with Crippen molar-refractivity contribution in [2.45, 2.75) is 71.6 Å². The smallest absolute Gasteiger partial charge is 0.163 e. The van der Waals surface area contributed by atoms with E-state index in [1.54, 1.807) is 0 Å². The lowest BCUT2D eigenvalue weighted by Crippen LogP contribution is -2.33. The largest absolute Gasteiger partial charge is 0.374 e. The number of hydrogen-bond acceptors (Lipinski definition) is 3. The van der Waals surface area contributed by atoms with Gasteiger partial charge in [0.05, 0.1) is 19.3 Å². The average Bonchev–Trinajstić information content (AvgIpc) is 2.93. The number of hydrogen-bond donors (Lipinski definition) is 0. The first-order chi connectivity index (χ1) is 12.6. The van der Waals surface area contributed by atoms with E-state index in [0.29, 0.717) is 19.1 Å². The third-order valence-electron chi connectivity index (χ3n) is 4.51. The van der Waals surface area contributed by atoms with E-state index in [9.17, 15) is 0 Å². The molecule has 3 nitrogen and oxygen atoms in total. The molecule has 0 radical (unpaired) electrons. The fraction of sp³-hybridized carbons (Fsp3) is 0.565. The first kappa shape index (κ1) is 20.9. The molecular formula is C23H34O3. The maximum atomic E-state index is 6.25. The molecule has 144 valence electrons. The average molecular weight is 359 g/mol. The van der Waals surface area contributed by atoms with Crippen LogP contribution < -0.4 is 0 Å². The number of rotatable bonds is 10. The molecule has 2 rings (SSSR count). The molecule has 0 bridgehead atoms. The maximum Gasteiger partial charge on any atom is 0.163 e. The van der Waals surface area contributed by atoms with Gasteiger partial charge in [-0.15, -0.1) is 0 Å². The number of benzene rings is 1. The second-order valence-corrected chi connectivity index (χ2v) is 7.32. The Bertz CT molecular complexity index is 562. The highest BCUT2D eigenvalue weighted by Gasteiger charge is 2.44. The standard InChI is InChI=1S/C23H34O3/c1-5-7-8-12-16-20(13-6-2)22-21(25-23(3,4)26-22)18-24-17-19-14-10-9-11-15-19/h6,8-15,20-22H,5,7,16-18H2,1-4H3/b12-8-,13-6+/t20-,21+,22+/m1/s1. The van der Waals surface area contributed by atoms with E-state index >= 15 is 0 Å². The molecule has 3 atom stereocenters. The molecular weight excluding hydrogens is 324 g/mol. The molecule has 1 fully saturated rings. The molecule has 1 heterocycles. The molecule has 1 saturated heterocycles. The Hall–Kier alpha value is -1.42. The minimum Gasteiger partial charge on any atom is -0.374 e. The predicted molar refractivity (Wildman–Crippen MR) is 107 cm³/mol. The lowest BCUT2D eigenvalue weighted by atomic mass is 9.93. The summed E-state index contributed by atoms with van der Waals surface area (Å²) >= 11 is 0. The van der Waals surface area contributed by atoms with Crippen molar-refractivity contribution in [1.29, 1.82) is 0 Å².